The number of anilines is 1. The smallest absolute Gasteiger partial charge is 0.261 e. The summed E-state index contributed by atoms with van der Waals surface area (Å²) in [5.41, 5.74) is 5.28. The third-order valence-corrected chi connectivity index (χ3v) is 5.67. The fourth-order valence-corrected chi connectivity index (χ4v) is 3.92. The average Bonchev–Trinajstić information content (AvgIpc) is 3.04. The fraction of sp³-hybridized carbons (Fsp3) is 0.192. The molecule has 3 amide bonds. The zero-order valence-corrected chi connectivity index (χ0v) is 17.6. The quantitative estimate of drug-likeness (QED) is 0.588. The van der Waals surface area contributed by atoms with Gasteiger partial charge in [-0.05, 0) is 53.8 Å². The van der Waals surface area contributed by atoms with Crippen molar-refractivity contribution in [2.75, 3.05) is 5.32 Å². The van der Waals surface area contributed by atoms with Gasteiger partial charge in [-0.3, -0.25) is 19.3 Å². The number of carbonyl (C=O) groups excluding carboxylic acids is 3. The van der Waals surface area contributed by atoms with E-state index in [0.29, 0.717) is 16.7 Å². The molecule has 5 heteroatoms. The zero-order chi connectivity index (χ0) is 22.0. The summed E-state index contributed by atoms with van der Waals surface area (Å²) in [6, 6.07) is 19.9. The number of nitrogens with one attached hydrogen (secondary N) is 1. The first-order valence-electron chi connectivity index (χ1n) is 10.5. The van der Waals surface area contributed by atoms with Crippen molar-refractivity contribution in [1.82, 2.24) is 4.90 Å². The highest BCUT2D eigenvalue weighted by Crippen LogP contribution is 2.25. The molecule has 0 unspecified atom stereocenters. The van der Waals surface area contributed by atoms with Gasteiger partial charge in [0.05, 0.1) is 17.7 Å². The lowest BCUT2D eigenvalue weighted by Crippen LogP contribution is -2.29. The number of amides is 3. The normalized spacial score (nSPS) is 12.8. The minimum Gasteiger partial charge on any atom is -0.321 e. The lowest BCUT2D eigenvalue weighted by atomic mass is 10.0. The SMILES string of the molecule is CCc1cccc(CC)c1NC(=O)c1ccc(CN2C(=O)c3ccccc3C2=O)cc1. The zero-order valence-electron chi connectivity index (χ0n) is 17.6. The fourth-order valence-electron chi connectivity index (χ4n) is 3.92. The highest BCUT2D eigenvalue weighted by atomic mass is 16.2. The summed E-state index contributed by atoms with van der Waals surface area (Å²) in [5.74, 6) is -0.751. The van der Waals surface area contributed by atoms with Crippen LogP contribution in [0.1, 0.15) is 61.6 Å². The number of fused-ring (bicyclic) bond motifs is 1. The number of imide groups is 1. The van der Waals surface area contributed by atoms with Crippen molar-refractivity contribution in [1.29, 1.82) is 0 Å². The molecule has 0 saturated carbocycles. The second kappa shape index (κ2) is 8.56. The van der Waals surface area contributed by atoms with E-state index in [1.165, 1.54) is 4.90 Å². The van der Waals surface area contributed by atoms with Gasteiger partial charge in [0, 0.05) is 11.3 Å². The van der Waals surface area contributed by atoms with E-state index < -0.39 is 0 Å². The lowest BCUT2D eigenvalue weighted by Gasteiger charge is -2.15. The predicted octanol–water partition coefficient (Wildman–Crippen LogP) is 4.86. The molecule has 3 aromatic rings. The summed E-state index contributed by atoms with van der Waals surface area (Å²) in [7, 11) is 0. The van der Waals surface area contributed by atoms with Crippen LogP contribution in [0.15, 0.2) is 66.7 Å². The summed E-state index contributed by atoms with van der Waals surface area (Å²) >= 11 is 0. The molecule has 1 N–H and O–H groups in total. The molecule has 3 aromatic carbocycles. The van der Waals surface area contributed by atoms with Crippen LogP contribution in [-0.4, -0.2) is 22.6 Å². The summed E-state index contributed by atoms with van der Waals surface area (Å²) in [4.78, 5) is 39.2. The molecule has 0 atom stereocenters. The number of hydrogen-bond donors (Lipinski definition) is 1. The molecule has 4 rings (SSSR count). The molecule has 0 spiro atoms. The van der Waals surface area contributed by atoms with Gasteiger partial charge < -0.3 is 5.32 Å². The van der Waals surface area contributed by atoms with E-state index in [1.807, 2.05) is 18.2 Å². The van der Waals surface area contributed by atoms with Crippen LogP contribution in [0.4, 0.5) is 5.69 Å². The van der Waals surface area contributed by atoms with Gasteiger partial charge in [0.15, 0.2) is 0 Å². The van der Waals surface area contributed by atoms with Crippen LogP contribution in [0.25, 0.3) is 0 Å². The first-order chi connectivity index (χ1) is 15.0. The number of nitrogens with zero attached hydrogens (tertiary/aromatic N) is 1. The van der Waals surface area contributed by atoms with Crippen molar-refractivity contribution in [3.8, 4) is 0 Å². The maximum Gasteiger partial charge on any atom is 0.261 e. The predicted molar refractivity (Wildman–Crippen MR) is 120 cm³/mol. The maximum absolute atomic E-state index is 12.8. The van der Waals surface area contributed by atoms with Gasteiger partial charge in [-0.1, -0.05) is 56.3 Å². The molecule has 0 radical (unpaired) electrons. The Labute approximate surface area is 181 Å². The Bertz CT molecular complexity index is 1110. The average molecular weight is 412 g/mol. The van der Waals surface area contributed by atoms with Crippen molar-refractivity contribution in [3.05, 3.63) is 100 Å². The minimum absolute atomic E-state index is 0.174. The lowest BCUT2D eigenvalue weighted by molar-refractivity contribution is 0.0642. The molecule has 1 aliphatic heterocycles. The Morgan fingerprint density at radius 2 is 1.32 bits per heavy atom. The first-order valence-corrected chi connectivity index (χ1v) is 10.5. The van der Waals surface area contributed by atoms with Gasteiger partial charge >= 0.3 is 0 Å². The number of rotatable bonds is 6. The van der Waals surface area contributed by atoms with E-state index in [2.05, 4.69) is 19.2 Å². The molecule has 0 saturated heterocycles. The highest BCUT2D eigenvalue weighted by Gasteiger charge is 2.34. The van der Waals surface area contributed by atoms with Gasteiger partial charge in [-0.2, -0.15) is 0 Å². The van der Waals surface area contributed by atoms with E-state index in [0.717, 1.165) is 35.2 Å². The largest absolute Gasteiger partial charge is 0.321 e. The summed E-state index contributed by atoms with van der Waals surface area (Å²) < 4.78 is 0. The van der Waals surface area contributed by atoms with E-state index in [9.17, 15) is 14.4 Å². The summed E-state index contributed by atoms with van der Waals surface area (Å²) in [6.07, 6.45) is 1.67. The number of hydrogen-bond acceptors (Lipinski definition) is 3. The maximum atomic E-state index is 12.8. The summed E-state index contributed by atoms with van der Waals surface area (Å²) in [5, 5.41) is 3.06. The second-order valence-corrected chi connectivity index (χ2v) is 7.55. The second-order valence-electron chi connectivity index (χ2n) is 7.55. The summed E-state index contributed by atoms with van der Waals surface area (Å²) in [6.45, 7) is 4.31. The Balaban J connectivity index is 1.49. The van der Waals surface area contributed by atoms with Crippen LogP contribution < -0.4 is 5.32 Å². The molecule has 5 nitrogen and oxygen atoms in total. The Kier molecular flexibility index (Phi) is 5.67. The van der Waals surface area contributed by atoms with Gasteiger partial charge in [-0.15, -0.1) is 0 Å². The minimum atomic E-state index is -0.286. The van der Waals surface area contributed by atoms with Gasteiger partial charge in [0.25, 0.3) is 17.7 Å². The molecule has 0 aromatic heterocycles. The number of benzene rings is 3. The Morgan fingerprint density at radius 3 is 1.84 bits per heavy atom. The molecule has 0 bridgehead atoms. The van der Waals surface area contributed by atoms with Gasteiger partial charge in [0.1, 0.15) is 0 Å². The molecule has 156 valence electrons. The molecule has 0 aliphatic carbocycles. The van der Waals surface area contributed by atoms with E-state index in [-0.39, 0.29) is 24.3 Å². The van der Waals surface area contributed by atoms with Crippen molar-refractivity contribution in [3.63, 3.8) is 0 Å². The molecule has 0 fully saturated rings. The van der Waals surface area contributed by atoms with E-state index in [1.54, 1.807) is 48.5 Å². The highest BCUT2D eigenvalue weighted by molar-refractivity contribution is 6.21. The van der Waals surface area contributed by atoms with Crippen LogP contribution >= 0.6 is 0 Å². The van der Waals surface area contributed by atoms with Crippen LogP contribution in [0.5, 0.6) is 0 Å². The molecule has 1 heterocycles. The van der Waals surface area contributed by atoms with Crippen molar-refractivity contribution in [2.24, 2.45) is 0 Å². The van der Waals surface area contributed by atoms with Crippen molar-refractivity contribution >= 4 is 23.4 Å². The topological polar surface area (TPSA) is 66.5 Å². The van der Waals surface area contributed by atoms with Crippen LogP contribution in [0, 0.1) is 0 Å². The van der Waals surface area contributed by atoms with Crippen LogP contribution in [0.2, 0.25) is 0 Å². The third-order valence-electron chi connectivity index (χ3n) is 5.67. The van der Waals surface area contributed by atoms with Crippen LogP contribution in [-0.2, 0) is 19.4 Å². The number of carbonyl (C=O) groups is 3. The Hall–Kier alpha value is -3.73. The number of aryl methyl sites for hydroxylation is 2. The van der Waals surface area contributed by atoms with E-state index >= 15 is 0 Å². The van der Waals surface area contributed by atoms with Gasteiger partial charge in [0.2, 0.25) is 0 Å². The van der Waals surface area contributed by atoms with Crippen LogP contribution in [0.3, 0.4) is 0 Å². The third kappa shape index (κ3) is 3.87. The molecular weight excluding hydrogens is 388 g/mol. The van der Waals surface area contributed by atoms with Crippen molar-refractivity contribution in [2.45, 2.75) is 33.2 Å². The standard InChI is InChI=1S/C26H24N2O3/c1-3-18-8-7-9-19(4-2)23(18)27-24(29)20-14-12-17(13-15-20)16-28-25(30)21-10-5-6-11-22(21)26(28)31/h5-15H,3-4,16H2,1-2H3,(H,27,29). The molecular formula is C26H24N2O3. The Morgan fingerprint density at radius 1 is 0.774 bits per heavy atom. The molecule has 1 aliphatic rings. The molecule has 31 heavy (non-hydrogen) atoms. The van der Waals surface area contributed by atoms with Crippen molar-refractivity contribution < 1.29 is 14.4 Å². The van der Waals surface area contributed by atoms with Gasteiger partial charge in [-0.25, -0.2) is 0 Å². The number of para-hydroxylation sites is 1. The monoisotopic (exact) mass is 412 g/mol. The first kappa shape index (κ1) is 20.5. The van der Waals surface area contributed by atoms with E-state index in [4.69, 9.17) is 0 Å².